The maximum absolute atomic E-state index is 6.10. The van der Waals surface area contributed by atoms with Gasteiger partial charge in [-0.3, -0.25) is 4.98 Å². The molecule has 1 aromatic heterocycles. The third kappa shape index (κ3) is 3.01. The van der Waals surface area contributed by atoms with E-state index in [-0.39, 0.29) is 6.04 Å². The number of aromatic nitrogens is 1. The number of nitrogens with zero attached hydrogens (tertiary/aromatic N) is 1. The number of halogens is 1. The van der Waals surface area contributed by atoms with Crippen molar-refractivity contribution in [1.82, 2.24) is 4.98 Å². The summed E-state index contributed by atoms with van der Waals surface area (Å²) in [4.78, 5) is 4.49. The molecule has 3 heteroatoms. The minimum Gasteiger partial charge on any atom is -0.376 e. The summed E-state index contributed by atoms with van der Waals surface area (Å²) in [6.45, 7) is 2.16. The van der Waals surface area contributed by atoms with E-state index in [4.69, 9.17) is 11.6 Å². The molecule has 21 heavy (non-hydrogen) atoms. The Morgan fingerprint density at radius 3 is 2.71 bits per heavy atom. The van der Waals surface area contributed by atoms with Gasteiger partial charge in [0.15, 0.2) is 0 Å². The lowest BCUT2D eigenvalue weighted by molar-refractivity contribution is 0.750. The van der Waals surface area contributed by atoms with Crippen molar-refractivity contribution in [2.75, 3.05) is 5.32 Å². The largest absolute Gasteiger partial charge is 0.376 e. The third-order valence-electron chi connectivity index (χ3n) is 3.62. The number of fused-ring (bicyclic) bond motifs is 1. The molecule has 106 valence electrons. The van der Waals surface area contributed by atoms with E-state index in [1.165, 1.54) is 5.56 Å². The standard InChI is InChI=1S/C18H17ClN2/c1-2-16(14-7-3-9-15(19)12-14)21-17-10-4-6-13-8-5-11-20-18(13)17/h3-12,16,21H,2H2,1H3. The second-order valence-electron chi connectivity index (χ2n) is 5.04. The fraction of sp³-hybridized carbons (Fsp3) is 0.167. The first kappa shape index (κ1) is 13.9. The monoisotopic (exact) mass is 296 g/mol. The summed E-state index contributed by atoms with van der Waals surface area (Å²) in [5, 5.41) is 5.50. The summed E-state index contributed by atoms with van der Waals surface area (Å²) in [6.07, 6.45) is 2.80. The zero-order chi connectivity index (χ0) is 14.7. The molecule has 0 saturated carbocycles. The minimum absolute atomic E-state index is 0.219. The highest BCUT2D eigenvalue weighted by atomic mass is 35.5. The van der Waals surface area contributed by atoms with Gasteiger partial charge in [-0.05, 0) is 36.2 Å². The third-order valence-corrected chi connectivity index (χ3v) is 3.86. The molecule has 1 unspecified atom stereocenters. The Labute approximate surface area is 129 Å². The van der Waals surface area contributed by atoms with Crippen LogP contribution in [0.2, 0.25) is 5.02 Å². The van der Waals surface area contributed by atoms with E-state index in [2.05, 4.69) is 47.6 Å². The number of rotatable bonds is 4. The molecular weight excluding hydrogens is 280 g/mol. The number of nitrogens with one attached hydrogen (secondary N) is 1. The van der Waals surface area contributed by atoms with Gasteiger partial charge in [0.25, 0.3) is 0 Å². The molecule has 1 atom stereocenters. The highest BCUT2D eigenvalue weighted by Crippen LogP contribution is 2.28. The van der Waals surface area contributed by atoms with E-state index in [1.54, 1.807) is 0 Å². The van der Waals surface area contributed by atoms with Crippen LogP contribution in [0.1, 0.15) is 24.9 Å². The highest BCUT2D eigenvalue weighted by molar-refractivity contribution is 6.30. The summed E-state index contributed by atoms with van der Waals surface area (Å²) in [5.41, 5.74) is 3.25. The molecule has 2 nitrogen and oxygen atoms in total. The Bertz CT molecular complexity index is 750. The number of benzene rings is 2. The van der Waals surface area contributed by atoms with Gasteiger partial charge in [0.2, 0.25) is 0 Å². The summed E-state index contributed by atoms with van der Waals surface area (Å²) < 4.78 is 0. The van der Waals surface area contributed by atoms with Crippen molar-refractivity contribution in [2.24, 2.45) is 0 Å². The predicted molar refractivity (Wildman–Crippen MR) is 89.8 cm³/mol. The van der Waals surface area contributed by atoms with Gasteiger partial charge in [0, 0.05) is 16.6 Å². The van der Waals surface area contributed by atoms with Gasteiger partial charge in [-0.1, -0.05) is 48.9 Å². The van der Waals surface area contributed by atoms with Gasteiger partial charge in [0.05, 0.1) is 17.2 Å². The smallest absolute Gasteiger partial charge is 0.0933 e. The second-order valence-corrected chi connectivity index (χ2v) is 5.48. The van der Waals surface area contributed by atoms with Crippen molar-refractivity contribution >= 4 is 28.2 Å². The van der Waals surface area contributed by atoms with E-state index in [0.29, 0.717) is 0 Å². The van der Waals surface area contributed by atoms with Crippen LogP contribution in [0.3, 0.4) is 0 Å². The zero-order valence-electron chi connectivity index (χ0n) is 11.9. The average molecular weight is 297 g/mol. The lowest BCUT2D eigenvalue weighted by atomic mass is 10.0. The van der Waals surface area contributed by atoms with Crippen LogP contribution in [0.4, 0.5) is 5.69 Å². The maximum Gasteiger partial charge on any atom is 0.0933 e. The van der Waals surface area contributed by atoms with Crippen LogP contribution < -0.4 is 5.32 Å². The number of para-hydroxylation sites is 1. The molecule has 0 spiro atoms. The summed E-state index contributed by atoms with van der Waals surface area (Å²) in [6, 6.07) is 18.5. The molecule has 0 amide bonds. The van der Waals surface area contributed by atoms with E-state index >= 15 is 0 Å². The molecule has 2 aromatic carbocycles. The van der Waals surface area contributed by atoms with Crippen molar-refractivity contribution < 1.29 is 0 Å². The molecular formula is C18H17ClN2. The SMILES string of the molecule is CCC(Nc1cccc2cccnc12)c1cccc(Cl)c1. The second kappa shape index (κ2) is 6.15. The normalized spacial score (nSPS) is 12.3. The van der Waals surface area contributed by atoms with Crippen LogP contribution >= 0.6 is 11.6 Å². The van der Waals surface area contributed by atoms with Crippen LogP contribution in [0.15, 0.2) is 60.8 Å². The molecule has 0 saturated heterocycles. The summed E-state index contributed by atoms with van der Waals surface area (Å²) >= 11 is 6.10. The van der Waals surface area contributed by atoms with Crippen LogP contribution in [-0.4, -0.2) is 4.98 Å². The van der Waals surface area contributed by atoms with E-state index in [0.717, 1.165) is 28.0 Å². The van der Waals surface area contributed by atoms with Crippen LogP contribution in [0, 0.1) is 0 Å². The first-order valence-electron chi connectivity index (χ1n) is 7.13. The van der Waals surface area contributed by atoms with Crippen molar-refractivity contribution in [3.05, 3.63) is 71.4 Å². The van der Waals surface area contributed by atoms with Crippen LogP contribution in [-0.2, 0) is 0 Å². The topological polar surface area (TPSA) is 24.9 Å². The van der Waals surface area contributed by atoms with Crippen molar-refractivity contribution in [1.29, 1.82) is 0 Å². The van der Waals surface area contributed by atoms with Crippen LogP contribution in [0.25, 0.3) is 10.9 Å². The zero-order valence-corrected chi connectivity index (χ0v) is 12.6. The number of anilines is 1. The Balaban J connectivity index is 1.96. The molecule has 0 radical (unpaired) electrons. The molecule has 1 N–H and O–H groups in total. The van der Waals surface area contributed by atoms with Crippen LogP contribution in [0.5, 0.6) is 0 Å². The lowest BCUT2D eigenvalue weighted by Crippen LogP contribution is -2.10. The predicted octanol–water partition coefficient (Wildman–Crippen LogP) is 5.45. The Hall–Kier alpha value is -2.06. The van der Waals surface area contributed by atoms with E-state index < -0.39 is 0 Å². The Morgan fingerprint density at radius 1 is 1.10 bits per heavy atom. The fourth-order valence-corrected chi connectivity index (χ4v) is 2.75. The Kier molecular flexibility index (Phi) is 4.07. The summed E-state index contributed by atoms with van der Waals surface area (Å²) in [7, 11) is 0. The molecule has 0 bridgehead atoms. The number of hydrogen-bond acceptors (Lipinski definition) is 2. The summed E-state index contributed by atoms with van der Waals surface area (Å²) in [5.74, 6) is 0. The first-order valence-corrected chi connectivity index (χ1v) is 7.51. The molecule has 0 aliphatic carbocycles. The van der Waals surface area contributed by atoms with E-state index in [1.807, 2.05) is 30.5 Å². The quantitative estimate of drug-likeness (QED) is 0.692. The average Bonchev–Trinajstić information content (AvgIpc) is 2.52. The van der Waals surface area contributed by atoms with Gasteiger partial charge in [-0.15, -0.1) is 0 Å². The van der Waals surface area contributed by atoms with Gasteiger partial charge < -0.3 is 5.32 Å². The Morgan fingerprint density at radius 2 is 1.90 bits per heavy atom. The van der Waals surface area contributed by atoms with Gasteiger partial charge in [-0.2, -0.15) is 0 Å². The lowest BCUT2D eigenvalue weighted by Gasteiger charge is -2.20. The van der Waals surface area contributed by atoms with Crippen molar-refractivity contribution in [3.63, 3.8) is 0 Å². The maximum atomic E-state index is 6.10. The van der Waals surface area contributed by atoms with Gasteiger partial charge in [-0.25, -0.2) is 0 Å². The van der Waals surface area contributed by atoms with Crippen molar-refractivity contribution in [2.45, 2.75) is 19.4 Å². The molecule has 3 rings (SSSR count). The molecule has 0 aliphatic rings. The number of pyridine rings is 1. The minimum atomic E-state index is 0.219. The first-order chi connectivity index (χ1) is 10.3. The van der Waals surface area contributed by atoms with E-state index in [9.17, 15) is 0 Å². The fourth-order valence-electron chi connectivity index (χ4n) is 2.55. The van der Waals surface area contributed by atoms with Gasteiger partial charge >= 0.3 is 0 Å². The molecule has 1 heterocycles. The molecule has 0 fully saturated rings. The molecule has 3 aromatic rings. The van der Waals surface area contributed by atoms with Crippen molar-refractivity contribution in [3.8, 4) is 0 Å². The number of hydrogen-bond donors (Lipinski definition) is 1. The van der Waals surface area contributed by atoms with Gasteiger partial charge in [0.1, 0.15) is 0 Å². The molecule has 0 aliphatic heterocycles. The highest BCUT2D eigenvalue weighted by Gasteiger charge is 2.11.